The van der Waals surface area contributed by atoms with Crippen LogP contribution in [0.25, 0.3) is 116 Å². The average Bonchev–Trinajstić information content (AvgIpc) is 3.65. The minimum Gasteiger partial charge on any atom is -0.309 e. The van der Waals surface area contributed by atoms with Crippen molar-refractivity contribution in [1.29, 1.82) is 0 Å². The fraction of sp³-hybridized carbons (Fsp3) is 0. The monoisotopic (exact) mass is 750 g/mol. The second-order valence-electron chi connectivity index (χ2n) is 15.2. The molecule has 274 valence electrons. The summed E-state index contributed by atoms with van der Waals surface area (Å²) in [6.45, 7) is 0. The Morgan fingerprint density at radius 3 is 1.46 bits per heavy atom. The molecule has 0 N–H and O–H groups in total. The average molecular weight is 751 g/mol. The molecule has 0 spiro atoms. The van der Waals surface area contributed by atoms with E-state index in [1.165, 1.54) is 65.3 Å². The zero-order valence-corrected chi connectivity index (χ0v) is 31.9. The van der Waals surface area contributed by atoms with Crippen LogP contribution in [0.2, 0.25) is 0 Å². The van der Waals surface area contributed by atoms with Crippen LogP contribution in [0.1, 0.15) is 0 Å². The van der Waals surface area contributed by atoms with Crippen LogP contribution in [-0.4, -0.2) is 19.5 Å². The van der Waals surface area contributed by atoms with Gasteiger partial charge in [-0.3, -0.25) is 0 Å². The molecule has 0 amide bonds. The van der Waals surface area contributed by atoms with Crippen LogP contribution in [0.3, 0.4) is 0 Å². The molecule has 0 radical (unpaired) electrons. The molecule has 0 fully saturated rings. The third-order valence-corrected chi connectivity index (χ3v) is 11.8. The first-order valence-corrected chi connectivity index (χ1v) is 20.0. The summed E-state index contributed by atoms with van der Waals surface area (Å²) in [5.41, 5.74) is 8.78. The number of rotatable bonds is 5. The highest BCUT2D eigenvalue weighted by molar-refractivity contribution is 6.28. The van der Waals surface area contributed by atoms with Gasteiger partial charge in [0.15, 0.2) is 17.5 Å². The van der Waals surface area contributed by atoms with Crippen molar-refractivity contribution in [2.45, 2.75) is 0 Å². The molecule has 0 aliphatic heterocycles. The molecule has 4 nitrogen and oxygen atoms in total. The molecule has 0 atom stereocenters. The maximum absolute atomic E-state index is 4.98. The second-order valence-corrected chi connectivity index (χ2v) is 15.2. The lowest BCUT2D eigenvalue weighted by Gasteiger charge is -2.15. The lowest BCUT2D eigenvalue weighted by Crippen LogP contribution is -2.00. The molecule has 12 aromatic rings. The zero-order chi connectivity index (χ0) is 38.9. The SMILES string of the molecule is c1ccc(-c2nc(-c3ccccc3)nc(-c3ccc4cc(-n5c6ccccc6c6cc(-c7cccc8c9ccccc9c9ccccc9c78)ccc65)ccc4c3)n2)cc1. The highest BCUT2D eigenvalue weighted by Gasteiger charge is 2.18. The van der Waals surface area contributed by atoms with Crippen molar-refractivity contribution in [1.82, 2.24) is 19.5 Å². The van der Waals surface area contributed by atoms with Gasteiger partial charge in [-0.15, -0.1) is 0 Å². The predicted octanol–water partition coefficient (Wildman–Crippen LogP) is 14.2. The van der Waals surface area contributed by atoms with Crippen LogP contribution >= 0.6 is 0 Å². The first-order valence-electron chi connectivity index (χ1n) is 20.0. The minimum absolute atomic E-state index is 0.647. The molecule has 4 heteroatoms. The number of hydrogen-bond donors (Lipinski definition) is 0. The summed E-state index contributed by atoms with van der Waals surface area (Å²) in [7, 11) is 0. The van der Waals surface area contributed by atoms with E-state index in [1.54, 1.807) is 0 Å². The Hall–Kier alpha value is -7.95. The summed E-state index contributed by atoms with van der Waals surface area (Å²) in [6.07, 6.45) is 0. The molecule has 0 aliphatic rings. The summed E-state index contributed by atoms with van der Waals surface area (Å²) in [6, 6.07) is 73.6. The standard InChI is InChI=1S/C55H34N4/c1-3-14-35(15-4-1)53-56-54(36-16-5-2-6-17-36)58-55(57-53)40-27-26-38-33-41(30-28-37(38)32-40)59-50-25-12-11-21-46(50)49-34-39(29-31-51(49)59)42-23-13-24-48-45-19-8-7-18-43(45)44-20-9-10-22-47(44)52(42)48/h1-34H. The third-order valence-electron chi connectivity index (χ3n) is 11.8. The predicted molar refractivity (Wildman–Crippen MR) is 246 cm³/mol. The summed E-state index contributed by atoms with van der Waals surface area (Å²) in [4.78, 5) is 14.8. The van der Waals surface area contributed by atoms with E-state index in [0.717, 1.165) is 33.2 Å². The third kappa shape index (κ3) is 5.42. The Morgan fingerprint density at radius 1 is 0.288 bits per heavy atom. The summed E-state index contributed by atoms with van der Waals surface area (Å²) >= 11 is 0. The first kappa shape index (κ1) is 33.2. The molecule has 10 aromatic carbocycles. The van der Waals surface area contributed by atoms with E-state index in [2.05, 4.69) is 150 Å². The maximum Gasteiger partial charge on any atom is 0.164 e. The van der Waals surface area contributed by atoms with Gasteiger partial charge in [0.2, 0.25) is 0 Å². The molecular formula is C55H34N4. The van der Waals surface area contributed by atoms with Gasteiger partial charge in [0.05, 0.1) is 11.0 Å². The molecule has 0 aliphatic carbocycles. The zero-order valence-electron chi connectivity index (χ0n) is 31.9. The number of nitrogens with zero attached hydrogens (tertiary/aromatic N) is 4. The van der Waals surface area contributed by atoms with Gasteiger partial charge in [0.25, 0.3) is 0 Å². The number of hydrogen-bond acceptors (Lipinski definition) is 3. The first-order chi connectivity index (χ1) is 29.2. The molecule has 0 saturated heterocycles. The normalized spacial score (nSPS) is 11.7. The highest BCUT2D eigenvalue weighted by atomic mass is 15.0. The number of aromatic nitrogens is 4. The fourth-order valence-electron chi connectivity index (χ4n) is 9.06. The summed E-state index contributed by atoms with van der Waals surface area (Å²) in [5.74, 6) is 1.96. The van der Waals surface area contributed by atoms with Crippen LogP contribution < -0.4 is 0 Å². The molecule has 59 heavy (non-hydrogen) atoms. The molecule has 0 unspecified atom stereocenters. The van der Waals surface area contributed by atoms with Gasteiger partial charge in [-0.2, -0.15) is 0 Å². The van der Waals surface area contributed by atoms with Crippen LogP contribution in [0.15, 0.2) is 206 Å². The molecular weight excluding hydrogens is 717 g/mol. The smallest absolute Gasteiger partial charge is 0.164 e. The quantitative estimate of drug-likeness (QED) is 0.165. The van der Waals surface area contributed by atoms with Gasteiger partial charge in [0, 0.05) is 33.2 Å². The van der Waals surface area contributed by atoms with Crippen molar-refractivity contribution in [2.75, 3.05) is 0 Å². The van der Waals surface area contributed by atoms with Crippen molar-refractivity contribution < 1.29 is 0 Å². The van der Waals surface area contributed by atoms with Gasteiger partial charge < -0.3 is 4.57 Å². The van der Waals surface area contributed by atoms with Gasteiger partial charge in [-0.25, -0.2) is 15.0 Å². The fourth-order valence-corrected chi connectivity index (χ4v) is 9.06. The lowest BCUT2D eigenvalue weighted by molar-refractivity contribution is 1.07. The van der Waals surface area contributed by atoms with Gasteiger partial charge in [-0.1, -0.05) is 170 Å². The number of fused-ring (bicyclic) bond motifs is 10. The summed E-state index contributed by atoms with van der Waals surface area (Å²) < 4.78 is 2.40. The van der Waals surface area contributed by atoms with Crippen LogP contribution in [0.4, 0.5) is 0 Å². The van der Waals surface area contributed by atoms with E-state index in [9.17, 15) is 0 Å². The molecule has 0 saturated carbocycles. The van der Waals surface area contributed by atoms with Crippen molar-refractivity contribution in [3.8, 4) is 51.0 Å². The topological polar surface area (TPSA) is 43.6 Å². The Morgan fingerprint density at radius 2 is 0.780 bits per heavy atom. The Balaban J connectivity index is 0.987. The van der Waals surface area contributed by atoms with E-state index in [1.807, 2.05) is 60.7 Å². The van der Waals surface area contributed by atoms with Gasteiger partial charge in [0.1, 0.15) is 0 Å². The van der Waals surface area contributed by atoms with Crippen LogP contribution in [-0.2, 0) is 0 Å². The van der Waals surface area contributed by atoms with Crippen molar-refractivity contribution in [3.05, 3.63) is 206 Å². The molecule has 2 heterocycles. The second kappa shape index (κ2) is 13.3. The van der Waals surface area contributed by atoms with Crippen molar-refractivity contribution in [2.24, 2.45) is 0 Å². The summed E-state index contributed by atoms with van der Waals surface area (Å²) in [5, 5.41) is 12.4. The Bertz CT molecular complexity index is 3500. The minimum atomic E-state index is 0.647. The largest absolute Gasteiger partial charge is 0.309 e. The molecule has 0 bridgehead atoms. The highest BCUT2D eigenvalue weighted by Crippen LogP contribution is 2.42. The Labute approximate surface area is 340 Å². The van der Waals surface area contributed by atoms with E-state index in [-0.39, 0.29) is 0 Å². The van der Waals surface area contributed by atoms with E-state index in [0.29, 0.717) is 17.5 Å². The molecule has 2 aromatic heterocycles. The van der Waals surface area contributed by atoms with Crippen LogP contribution in [0, 0.1) is 0 Å². The van der Waals surface area contributed by atoms with Crippen molar-refractivity contribution in [3.63, 3.8) is 0 Å². The van der Waals surface area contributed by atoms with E-state index >= 15 is 0 Å². The maximum atomic E-state index is 4.98. The molecule has 12 rings (SSSR count). The number of benzene rings is 10. The van der Waals surface area contributed by atoms with E-state index < -0.39 is 0 Å². The Kier molecular flexibility index (Phi) is 7.50. The van der Waals surface area contributed by atoms with E-state index in [4.69, 9.17) is 15.0 Å². The van der Waals surface area contributed by atoms with Crippen LogP contribution in [0.5, 0.6) is 0 Å². The number of para-hydroxylation sites is 1. The lowest BCUT2D eigenvalue weighted by atomic mass is 9.89. The van der Waals surface area contributed by atoms with Gasteiger partial charge >= 0.3 is 0 Å². The van der Waals surface area contributed by atoms with Crippen molar-refractivity contribution >= 4 is 64.9 Å². The van der Waals surface area contributed by atoms with Gasteiger partial charge in [-0.05, 0) is 90.6 Å².